The lowest BCUT2D eigenvalue weighted by atomic mass is 10.1. The Morgan fingerprint density at radius 1 is 1.04 bits per heavy atom. The van der Waals surface area contributed by atoms with Crippen LogP contribution in [0.2, 0.25) is 0 Å². The number of carboxylic acids is 1. The molecule has 0 fully saturated rings. The van der Waals surface area contributed by atoms with Gasteiger partial charge in [-0.25, -0.2) is 4.79 Å². The molecular weight excluding hydrogens is 298 g/mol. The molecule has 6 nitrogen and oxygen atoms in total. The summed E-state index contributed by atoms with van der Waals surface area (Å²) in [7, 11) is 2.85. The van der Waals surface area contributed by atoms with E-state index >= 15 is 0 Å². The molecule has 0 aliphatic rings. The zero-order valence-electron chi connectivity index (χ0n) is 13.0. The van der Waals surface area contributed by atoms with E-state index in [1.165, 1.54) is 26.4 Å². The van der Waals surface area contributed by atoms with E-state index in [0.717, 1.165) is 5.56 Å². The number of rotatable bonds is 5. The summed E-state index contributed by atoms with van der Waals surface area (Å²) in [5.74, 6) is -0.968. The van der Waals surface area contributed by atoms with Crippen LogP contribution in [-0.4, -0.2) is 31.2 Å². The molecule has 2 N–H and O–H groups in total. The summed E-state index contributed by atoms with van der Waals surface area (Å²) >= 11 is 0. The number of hydrogen-bond acceptors (Lipinski definition) is 4. The zero-order chi connectivity index (χ0) is 17.0. The van der Waals surface area contributed by atoms with Crippen LogP contribution in [0.1, 0.15) is 26.3 Å². The maximum Gasteiger partial charge on any atom is 0.337 e. The smallest absolute Gasteiger partial charge is 0.337 e. The van der Waals surface area contributed by atoms with Gasteiger partial charge in [0.25, 0.3) is 5.91 Å². The van der Waals surface area contributed by atoms with E-state index in [1.54, 1.807) is 18.2 Å². The second kappa shape index (κ2) is 6.83. The zero-order valence-corrected chi connectivity index (χ0v) is 13.0. The van der Waals surface area contributed by atoms with Crippen molar-refractivity contribution < 1.29 is 24.2 Å². The molecule has 0 saturated carbocycles. The minimum absolute atomic E-state index is 0.0800. The predicted octanol–water partition coefficient (Wildman–Crippen LogP) is 2.96. The standard InChI is InChI=1S/C17H17NO5/c1-10-5-4-6-11(7-10)16(19)18-13-9-15(23-3)14(22-2)8-12(13)17(20)21/h4-9H,1-3H3,(H,18,19)(H,20,21). The van der Waals surface area contributed by atoms with Crippen molar-refractivity contribution in [3.63, 3.8) is 0 Å². The topological polar surface area (TPSA) is 84.9 Å². The number of amides is 1. The molecular formula is C17H17NO5. The lowest BCUT2D eigenvalue weighted by Gasteiger charge is -2.14. The van der Waals surface area contributed by atoms with Crippen molar-refractivity contribution in [2.45, 2.75) is 6.92 Å². The average Bonchev–Trinajstić information content (AvgIpc) is 2.54. The van der Waals surface area contributed by atoms with Crippen molar-refractivity contribution in [1.82, 2.24) is 0 Å². The third kappa shape index (κ3) is 3.60. The largest absolute Gasteiger partial charge is 0.493 e. The van der Waals surface area contributed by atoms with Gasteiger partial charge in [-0.15, -0.1) is 0 Å². The van der Waals surface area contributed by atoms with E-state index < -0.39 is 11.9 Å². The monoisotopic (exact) mass is 315 g/mol. The van der Waals surface area contributed by atoms with Crippen molar-refractivity contribution in [2.24, 2.45) is 0 Å². The van der Waals surface area contributed by atoms with Gasteiger partial charge in [0, 0.05) is 17.7 Å². The van der Waals surface area contributed by atoms with Gasteiger partial charge in [-0.2, -0.15) is 0 Å². The minimum atomic E-state index is -1.18. The van der Waals surface area contributed by atoms with Crippen LogP contribution in [0.25, 0.3) is 0 Å². The Labute approximate surface area is 133 Å². The number of ether oxygens (including phenoxy) is 2. The summed E-state index contributed by atoms with van der Waals surface area (Å²) in [5, 5.41) is 11.9. The van der Waals surface area contributed by atoms with Gasteiger partial charge >= 0.3 is 5.97 Å². The summed E-state index contributed by atoms with van der Waals surface area (Å²) in [4.78, 5) is 23.7. The van der Waals surface area contributed by atoms with E-state index in [0.29, 0.717) is 11.3 Å². The van der Waals surface area contributed by atoms with Crippen molar-refractivity contribution in [3.05, 3.63) is 53.1 Å². The number of hydrogen-bond donors (Lipinski definition) is 2. The number of aromatic carboxylic acids is 1. The van der Waals surface area contributed by atoms with Crippen LogP contribution in [0.4, 0.5) is 5.69 Å². The van der Waals surface area contributed by atoms with Crippen molar-refractivity contribution in [1.29, 1.82) is 0 Å². The molecule has 0 unspecified atom stereocenters. The third-order valence-corrected chi connectivity index (χ3v) is 3.28. The normalized spacial score (nSPS) is 10.0. The second-order valence-corrected chi connectivity index (χ2v) is 4.88. The molecule has 0 aliphatic carbocycles. The number of carboxylic acid groups (broad SMARTS) is 1. The molecule has 120 valence electrons. The molecule has 23 heavy (non-hydrogen) atoms. The molecule has 0 saturated heterocycles. The Hall–Kier alpha value is -3.02. The molecule has 0 radical (unpaired) electrons. The number of anilines is 1. The fourth-order valence-electron chi connectivity index (χ4n) is 2.14. The SMILES string of the molecule is COc1cc(NC(=O)c2cccc(C)c2)c(C(=O)O)cc1OC. The number of nitrogens with one attached hydrogen (secondary N) is 1. The first-order valence-electron chi connectivity index (χ1n) is 6.83. The van der Waals surface area contributed by atoms with Crippen LogP contribution in [0.3, 0.4) is 0 Å². The maximum atomic E-state index is 12.3. The lowest BCUT2D eigenvalue weighted by molar-refractivity contribution is 0.0697. The molecule has 0 aromatic heterocycles. The molecule has 0 spiro atoms. The number of aryl methyl sites for hydroxylation is 1. The van der Waals surface area contributed by atoms with Gasteiger partial charge in [0.15, 0.2) is 11.5 Å². The highest BCUT2D eigenvalue weighted by molar-refractivity contribution is 6.08. The van der Waals surface area contributed by atoms with Crippen LogP contribution in [-0.2, 0) is 0 Å². The molecule has 0 aliphatic heterocycles. The number of methoxy groups -OCH3 is 2. The van der Waals surface area contributed by atoms with Gasteiger partial charge in [-0.1, -0.05) is 17.7 Å². The first-order valence-corrected chi connectivity index (χ1v) is 6.83. The minimum Gasteiger partial charge on any atom is -0.493 e. The number of carbonyl (C=O) groups excluding carboxylic acids is 1. The van der Waals surface area contributed by atoms with E-state index in [9.17, 15) is 14.7 Å². The summed E-state index contributed by atoms with van der Waals surface area (Å²) in [5.41, 5.74) is 1.44. The van der Waals surface area contributed by atoms with Crippen LogP contribution in [0, 0.1) is 6.92 Å². The highest BCUT2D eigenvalue weighted by Gasteiger charge is 2.18. The van der Waals surface area contributed by atoms with Crippen molar-refractivity contribution >= 4 is 17.6 Å². The van der Waals surface area contributed by atoms with Crippen LogP contribution in [0.5, 0.6) is 11.5 Å². The average molecular weight is 315 g/mol. The van der Waals surface area contributed by atoms with E-state index in [2.05, 4.69) is 5.32 Å². The maximum absolute atomic E-state index is 12.3. The van der Waals surface area contributed by atoms with Gasteiger partial charge < -0.3 is 19.9 Å². The van der Waals surface area contributed by atoms with Crippen molar-refractivity contribution in [3.8, 4) is 11.5 Å². The van der Waals surface area contributed by atoms with Crippen LogP contribution >= 0.6 is 0 Å². The van der Waals surface area contributed by atoms with Crippen LogP contribution < -0.4 is 14.8 Å². The molecule has 2 rings (SSSR count). The molecule has 0 atom stereocenters. The molecule has 2 aromatic carbocycles. The first kappa shape index (κ1) is 16.4. The lowest BCUT2D eigenvalue weighted by Crippen LogP contribution is -2.15. The quantitative estimate of drug-likeness (QED) is 0.886. The van der Waals surface area contributed by atoms with E-state index in [1.807, 2.05) is 13.0 Å². The molecule has 2 aromatic rings. The Morgan fingerprint density at radius 3 is 2.26 bits per heavy atom. The molecule has 6 heteroatoms. The van der Waals surface area contributed by atoms with Gasteiger partial charge in [0.2, 0.25) is 0 Å². The summed E-state index contributed by atoms with van der Waals surface area (Å²) in [6, 6.07) is 9.75. The highest BCUT2D eigenvalue weighted by atomic mass is 16.5. The second-order valence-electron chi connectivity index (χ2n) is 4.88. The van der Waals surface area contributed by atoms with Gasteiger partial charge in [-0.05, 0) is 19.1 Å². The number of carbonyl (C=O) groups is 2. The predicted molar refractivity (Wildman–Crippen MR) is 85.6 cm³/mol. The molecule has 1 amide bonds. The Balaban J connectivity index is 2.41. The first-order chi connectivity index (χ1) is 11.0. The fourth-order valence-corrected chi connectivity index (χ4v) is 2.14. The Kier molecular flexibility index (Phi) is 4.85. The summed E-state index contributed by atoms with van der Waals surface area (Å²) in [6.07, 6.45) is 0. The van der Waals surface area contributed by atoms with Gasteiger partial charge in [0.1, 0.15) is 0 Å². The number of benzene rings is 2. The Bertz CT molecular complexity index is 755. The molecule has 0 heterocycles. The van der Waals surface area contributed by atoms with E-state index in [-0.39, 0.29) is 17.0 Å². The van der Waals surface area contributed by atoms with Crippen LogP contribution in [0.15, 0.2) is 36.4 Å². The van der Waals surface area contributed by atoms with Gasteiger partial charge in [0.05, 0.1) is 25.5 Å². The Morgan fingerprint density at radius 2 is 1.70 bits per heavy atom. The van der Waals surface area contributed by atoms with E-state index in [4.69, 9.17) is 9.47 Å². The summed E-state index contributed by atoms with van der Waals surface area (Å²) < 4.78 is 10.2. The van der Waals surface area contributed by atoms with Gasteiger partial charge in [-0.3, -0.25) is 4.79 Å². The fraction of sp³-hybridized carbons (Fsp3) is 0.176. The van der Waals surface area contributed by atoms with Crippen molar-refractivity contribution in [2.75, 3.05) is 19.5 Å². The third-order valence-electron chi connectivity index (χ3n) is 3.28. The summed E-state index contributed by atoms with van der Waals surface area (Å²) in [6.45, 7) is 1.87. The molecule has 0 bridgehead atoms. The highest BCUT2D eigenvalue weighted by Crippen LogP contribution is 2.33.